The summed E-state index contributed by atoms with van der Waals surface area (Å²) in [5.41, 5.74) is -0.486. The van der Waals surface area contributed by atoms with Crippen LogP contribution in [0.2, 0.25) is 0 Å². The summed E-state index contributed by atoms with van der Waals surface area (Å²) in [6, 6.07) is -0.0950. The molecule has 1 N–H and O–H groups in total. The Labute approximate surface area is 145 Å². The predicted molar refractivity (Wildman–Crippen MR) is 92.0 cm³/mol. The molecule has 0 radical (unpaired) electrons. The first-order chi connectivity index (χ1) is 11.2. The van der Waals surface area contributed by atoms with Crippen molar-refractivity contribution in [2.75, 3.05) is 19.6 Å². The van der Waals surface area contributed by atoms with E-state index in [1.165, 1.54) is 0 Å². The summed E-state index contributed by atoms with van der Waals surface area (Å²) in [6.07, 6.45) is 4.48. The van der Waals surface area contributed by atoms with Gasteiger partial charge in [0, 0.05) is 25.7 Å². The summed E-state index contributed by atoms with van der Waals surface area (Å²) >= 11 is 0. The smallest absolute Gasteiger partial charge is 0.410 e. The third-order valence-electron chi connectivity index (χ3n) is 4.99. The van der Waals surface area contributed by atoms with Crippen LogP contribution in [0.25, 0.3) is 0 Å². The van der Waals surface area contributed by atoms with Gasteiger partial charge < -0.3 is 14.7 Å². The number of carboxylic acids is 1. The highest BCUT2D eigenvalue weighted by Crippen LogP contribution is 2.27. The molecule has 2 fully saturated rings. The monoisotopic (exact) mass is 340 g/mol. The molecule has 138 valence electrons. The number of aliphatic carboxylic acids is 1. The molecule has 0 saturated carbocycles. The zero-order chi connectivity index (χ0) is 17.9. The molecule has 3 atom stereocenters. The van der Waals surface area contributed by atoms with Crippen molar-refractivity contribution in [3.63, 3.8) is 0 Å². The van der Waals surface area contributed by atoms with E-state index < -0.39 is 11.6 Å². The van der Waals surface area contributed by atoms with Gasteiger partial charge in [0.1, 0.15) is 11.6 Å². The fourth-order valence-electron chi connectivity index (χ4n) is 3.82. The van der Waals surface area contributed by atoms with Gasteiger partial charge in [-0.3, -0.25) is 9.69 Å². The van der Waals surface area contributed by atoms with Gasteiger partial charge >= 0.3 is 12.1 Å². The Morgan fingerprint density at radius 1 is 1.17 bits per heavy atom. The van der Waals surface area contributed by atoms with Gasteiger partial charge in [0.2, 0.25) is 0 Å². The average molecular weight is 340 g/mol. The van der Waals surface area contributed by atoms with E-state index in [-0.39, 0.29) is 18.2 Å². The first kappa shape index (κ1) is 19.0. The van der Waals surface area contributed by atoms with Crippen molar-refractivity contribution in [2.24, 2.45) is 5.92 Å². The topological polar surface area (TPSA) is 70.1 Å². The van der Waals surface area contributed by atoms with E-state index in [0.29, 0.717) is 12.5 Å². The lowest BCUT2D eigenvalue weighted by Crippen LogP contribution is -2.53. The highest BCUT2D eigenvalue weighted by molar-refractivity contribution is 5.73. The second kappa shape index (κ2) is 7.72. The van der Waals surface area contributed by atoms with E-state index >= 15 is 0 Å². The molecule has 1 amide bonds. The van der Waals surface area contributed by atoms with Crippen LogP contribution in [0.4, 0.5) is 4.79 Å². The molecule has 6 nitrogen and oxygen atoms in total. The van der Waals surface area contributed by atoms with E-state index in [1.807, 2.05) is 20.8 Å². The van der Waals surface area contributed by atoms with Gasteiger partial charge in [-0.15, -0.1) is 0 Å². The molecule has 2 aliphatic rings. The molecule has 2 rings (SSSR count). The Balaban J connectivity index is 1.96. The van der Waals surface area contributed by atoms with Crippen LogP contribution in [0.5, 0.6) is 0 Å². The Hall–Kier alpha value is -1.30. The minimum absolute atomic E-state index is 0.256. The number of carboxylic acid groups (broad SMARTS) is 1. The molecule has 0 aliphatic carbocycles. The number of carbonyl (C=O) groups is 2. The SMILES string of the molecule is C[C@@H]1CCC[C@H](C(=O)O)N1CC1CCCN(C(=O)OC(C)(C)C)C1. The normalized spacial score (nSPS) is 29.3. The van der Waals surface area contributed by atoms with Crippen molar-refractivity contribution in [2.45, 2.75) is 77.5 Å². The van der Waals surface area contributed by atoms with Crippen LogP contribution in [0.1, 0.15) is 59.8 Å². The number of piperidine rings is 2. The molecule has 0 aromatic rings. The van der Waals surface area contributed by atoms with E-state index in [4.69, 9.17) is 4.74 Å². The van der Waals surface area contributed by atoms with Crippen LogP contribution in [-0.4, -0.2) is 64.3 Å². The van der Waals surface area contributed by atoms with Crippen molar-refractivity contribution in [1.82, 2.24) is 9.80 Å². The molecule has 2 saturated heterocycles. The highest BCUT2D eigenvalue weighted by atomic mass is 16.6. The lowest BCUT2D eigenvalue weighted by molar-refractivity contribution is -0.146. The summed E-state index contributed by atoms with van der Waals surface area (Å²) in [4.78, 5) is 27.8. The highest BCUT2D eigenvalue weighted by Gasteiger charge is 2.36. The zero-order valence-electron chi connectivity index (χ0n) is 15.5. The molecule has 0 bridgehead atoms. The van der Waals surface area contributed by atoms with E-state index in [0.717, 1.165) is 45.2 Å². The number of nitrogens with zero attached hydrogens (tertiary/aromatic N) is 2. The van der Waals surface area contributed by atoms with E-state index in [2.05, 4.69) is 11.8 Å². The minimum Gasteiger partial charge on any atom is -0.480 e. The molecule has 24 heavy (non-hydrogen) atoms. The summed E-state index contributed by atoms with van der Waals surface area (Å²) < 4.78 is 5.48. The van der Waals surface area contributed by atoms with E-state index in [1.54, 1.807) is 4.90 Å². The van der Waals surface area contributed by atoms with Crippen LogP contribution < -0.4 is 0 Å². The number of amides is 1. The second-order valence-electron chi connectivity index (χ2n) is 8.27. The Kier molecular flexibility index (Phi) is 6.12. The lowest BCUT2D eigenvalue weighted by atomic mass is 9.91. The van der Waals surface area contributed by atoms with Gasteiger partial charge in [0.05, 0.1) is 0 Å². The fourth-order valence-corrected chi connectivity index (χ4v) is 3.82. The predicted octanol–water partition coefficient (Wildman–Crippen LogP) is 2.96. The second-order valence-corrected chi connectivity index (χ2v) is 8.27. The fraction of sp³-hybridized carbons (Fsp3) is 0.889. The van der Waals surface area contributed by atoms with Gasteiger partial charge in [-0.25, -0.2) is 4.79 Å². The number of likely N-dealkylation sites (tertiary alicyclic amines) is 2. The van der Waals surface area contributed by atoms with Crippen LogP contribution in [0.3, 0.4) is 0 Å². The number of rotatable bonds is 3. The molecule has 6 heteroatoms. The summed E-state index contributed by atoms with van der Waals surface area (Å²) in [7, 11) is 0. The molecule has 1 unspecified atom stereocenters. The van der Waals surface area contributed by atoms with Crippen LogP contribution >= 0.6 is 0 Å². The third-order valence-corrected chi connectivity index (χ3v) is 4.99. The number of hydrogen-bond acceptors (Lipinski definition) is 4. The number of ether oxygens (including phenoxy) is 1. The maximum Gasteiger partial charge on any atom is 0.410 e. The van der Waals surface area contributed by atoms with Crippen molar-refractivity contribution in [3.8, 4) is 0 Å². The Morgan fingerprint density at radius 2 is 1.88 bits per heavy atom. The van der Waals surface area contributed by atoms with Crippen molar-refractivity contribution in [3.05, 3.63) is 0 Å². The zero-order valence-corrected chi connectivity index (χ0v) is 15.5. The molecule has 2 heterocycles. The Bertz CT molecular complexity index is 460. The van der Waals surface area contributed by atoms with Gasteiger partial charge in [-0.05, 0) is 65.7 Å². The molecule has 2 aliphatic heterocycles. The number of hydrogen-bond donors (Lipinski definition) is 1. The molecule has 0 aromatic carbocycles. The van der Waals surface area contributed by atoms with Gasteiger partial charge in [-0.1, -0.05) is 0 Å². The van der Waals surface area contributed by atoms with Crippen molar-refractivity contribution < 1.29 is 19.4 Å². The summed E-state index contributed by atoms with van der Waals surface area (Å²) in [6.45, 7) is 9.87. The third kappa shape index (κ3) is 5.10. The van der Waals surface area contributed by atoms with Gasteiger partial charge in [-0.2, -0.15) is 0 Å². The maximum atomic E-state index is 12.3. The van der Waals surface area contributed by atoms with Crippen LogP contribution in [0, 0.1) is 5.92 Å². The molecule has 0 spiro atoms. The number of carbonyl (C=O) groups excluding carboxylic acids is 1. The summed E-state index contributed by atoms with van der Waals surface area (Å²) in [5, 5.41) is 9.50. The molecular formula is C18H32N2O4. The average Bonchev–Trinajstić information content (AvgIpc) is 2.47. The maximum absolute atomic E-state index is 12.3. The van der Waals surface area contributed by atoms with Gasteiger partial charge in [0.15, 0.2) is 0 Å². The lowest BCUT2D eigenvalue weighted by Gasteiger charge is -2.42. The first-order valence-corrected chi connectivity index (χ1v) is 9.14. The molecular weight excluding hydrogens is 308 g/mol. The van der Waals surface area contributed by atoms with Crippen molar-refractivity contribution in [1.29, 1.82) is 0 Å². The van der Waals surface area contributed by atoms with Gasteiger partial charge in [0.25, 0.3) is 0 Å². The molecule has 0 aromatic heterocycles. The first-order valence-electron chi connectivity index (χ1n) is 9.14. The van der Waals surface area contributed by atoms with Crippen molar-refractivity contribution >= 4 is 12.1 Å². The standard InChI is InChI=1S/C18H32N2O4/c1-13-7-5-9-15(16(21)22)20(13)12-14-8-6-10-19(11-14)17(23)24-18(2,3)4/h13-15H,5-12H2,1-4H3,(H,21,22)/t13-,14?,15-/m1/s1. The largest absolute Gasteiger partial charge is 0.480 e. The minimum atomic E-state index is -0.721. The quantitative estimate of drug-likeness (QED) is 0.855. The van der Waals surface area contributed by atoms with Crippen LogP contribution in [-0.2, 0) is 9.53 Å². The summed E-state index contributed by atoms with van der Waals surface area (Å²) in [5.74, 6) is -0.407. The Morgan fingerprint density at radius 3 is 2.50 bits per heavy atom. The van der Waals surface area contributed by atoms with Crippen LogP contribution in [0.15, 0.2) is 0 Å². The van der Waals surface area contributed by atoms with E-state index in [9.17, 15) is 14.7 Å².